The van der Waals surface area contributed by atoms with Gasteiger partial charge in [-0.05, 0) is 56.6 Å². The van der Waals surface area contributed by atoms with E-state index in [1.54, 1.807) is 6.07 Å². The lowest BCUT2D eigenvalue weighted by molar-refractivity contribution is 0.455. The highest BCUT2D eigenvalue weighted by Gasteiger charge is 2.24. The molecular weight excluding hydrogens is 316 g/mol. The number of nitrogens with one attached hydrogen (secondary N) is 2. The summed E-state index contributed by atoms with van der Waals surface area (Å²) in [4.78, 5) is 0.395. The molecule has 0 atom stereocenters. The van der Waals surface area contributed by atoms with E-state index in [0.717, 1.165) is 36.0 Å². The molecule has 4 nitrogen and oxygen atoms in total. The van der Waals surface area contributed by atoms with Gasteiger partial charge in [0.05, 0.1) is 4.90 Å². The second kappa shape index (κ2) is 5.69. The molecule has 0 amide bonds. The van der Waals surface area contributed by atoms with Gasteiger partial charge in [-0.1, -0.05) is 22.0 Å². The average Bonchev–Trinajstić information content (AvgIpc) is 2.39. The van der Waals surface area contributed by atoms with Crippen molar-refractivity contribution in [3.05, 3.63) is 28.2 Å². The lowest BCUT2D eigenvalue weighted by Crippen LogP contribution is -2.28. The monoisotopic (exact) mass is 332 g/mol. The maximum absolute atomic E-state index is 12.1. The SMILES string of the molecule is CNS(=O)(=O)c1cc(Br)ccc1C1CCNCC1. The molecule has 1 aromatic rings. The van der Waals surface area contributed by atoms with E-state index in [-0.39, 0.29) is 0 Å². The van der Waals surface area contributed by atoms with Crippen LogP contribution in [0, 0.1) is 0 Å². The number of hydrogen-bond acceptors (Lipinski definition) is 3. The molecule has 2 N–H and O–H groups in total. The third kappa shape index (κ3) is 2.93. The van der Waals surface area contributed by atoms with Gasteiger partial charge in [-0.15, -0.1) is 0 Å². The summed E-state index contributed by atoms with van der Waals surface area (Å²) in [5.41, 5.74) is 0.925. The van der Waals surface area contributed by atoms with Crippen LogP contribution in [0.4, 0.5) is 0 Å². The molecule has 2 rings (SSSR count). The highest BCUT2D eigenvalue weighted by atomic mass is 79.9. The van der Waals surface area contributed by atoms with Gasteiger partial charge < -0.3 is 5.32 Å². The van der Waals surface area contributed by atoms with Crippen molar-refractivity contribution in [3.63, 3.8) is 0 Å². The van der Waals surface area contributed by atoms with Gasteiger partial charge >= 0.3 is 0 Å². The van der Waals surface area contributed by atoms with Crippen molar-refractivity contribution < 1.29 is 8.42 Å². The van der Waals surface area contributed by atoms with Crippen LogP contribution in [0.5, 0.6) is 0 Å². The first-order valence-corrected chi connectivity index (χ1v) is 8.26. The number of rotatable bonds is 3. The summed E-state index contributed by atoms with van der Waals surface area (Å²) in [6.45, 7) is 1.89. The molecule has 1 saturated heterocycles. The Morgan fingerprint density at radius 1 is 1.33 bits per heavy atom. The molecule has 6 heteroatoms. The second-order valence-corrected chi connectivity index (χ2v) is 7.18. The topological polar surface area (TPSA) is 58.2 Å². The fraction of sp³-hybridized carbons (Fsp3) is 0.500. The Balaban J connectivity index is 2.46. The molecule has 0 radical (unpaired) electrons. The molecular formula is C12H17BrN2O2S. The minimum absolute atomic E-state index is 0.317. The highest BCUT2D eigenvalue weighted by Crippen LogP contribution is 2.32. The Bertz CT molecular complexity index is 525. The molecule has 18 heavy (non-hydrogen) atoms. The van der Waals surface area contributed by atoms with Crippen molar-refractivity contribution in [2.45, 2.75) is 23.7 Å². The van der Waals surface area contributed by atoms with E-state index in [2.05, 4.69) is 26.0 Å². The largest absolute Gasteiger partial charge is 0.317 e. The van der Waals surface area contributed by atoms with Gasteiger partial charge in [-0.2, -0.15) is 0 Å². The first-order chi connectivity index (χ1) is 8.54. The van der Waals surface area contributed by atoms with Gasteiger partial charge in [0.2, 0.25) is 10.0 Å². The van der Waals surface area contributed by atoms with Crippen LogP contribution < -0.4 is 10.0 Å². The summed E-state index contributed by atoms with van der Waals surface area (Å²) < 4.78 is 27.3. The van der Waals surface area contributed by atoms with Crippen molar-refractivity contribution in [1.29, 1.82) is 0 Å². The predicted octanol–water partition coefficient (Wildman–Crippen LogP) is 1.82. The second-order valence-electron chi connectivity index (χ2n) is 4.41. The van der Waals surface area contributed by atoms with Crippen LogP contribution in [0.2, 0.25) is 0 Å². The molecule has 1 aliphatic rings. The summed E-state index contributed by atoms with van der Waals surface area (Å²) in [6.07, 6.45) is 1.96. The molecule has 1 aromatic carbocycles. The fourth-order valence-corrected chi connectivity index (χ4v) is 3.88. The van der Waals surface area contributed by atoms with Gasteiger partial charge in [0.25, 0.3) is 0 Å². The Kier molecular flexibility index (Phi) is 4.42. The summed E-state index contributed by atoms with van der Waals surface area (Å²) in [6, 6.07) is 5.51. The molecule has 0 aliphatic carbocycles. The minimum Gasteiger partial charge on any atom is -0.317 e. The maximum atomic E-state index is 12.1. The van der Waals surface area contributed by atoms with Crippen molar-refractivity contribution >= 4 is 26.0 Å². The number of piperidine rings is 1. The van der Waals surface area contributed by atoms with Gasteiger partial charge in [0.15, 0.2) is 0 Å². The molecule has 0 spiro atoms. The van der Waals surface area contributed by atoms with Crippen LogP contribution in [0.3, 0.4) is 0 Å². The van der Waals surface area contributed by atoms with Gasteiger partial charge in [-0.25, -0.2) is 13.1 Å². The van der Waals surface area contributed by atoms with E-state index in [0.29, 0.717) is 10.8 Å². The number of hydrogen-bond donors (Lipinski definition) is 2. The summed E-state index contributed by atoms with van der Waals surface area (Å²) >= 11 is 3.34. The lowest BCUT2D eigenvalue weighted by Gasteiger charge is -2.25. The van der Waals surface area contributed by atoms with Gasteiger partial charge in [-0.3, -0.25) is 0 Å². The Labute approximate surface area is 116 Å². The Morgan fingerprint density at radius 2 is 2.00 bits per heavy atom. The summed E-state index contributed by atoms with van der Waals surface area (Å²) in [5, 5.41) is 3.29. The van der Waals surface area contributed by atoms with Crippen molar-refractivity contribution in [3.8, 4) is 0 Å². The third-order valence-electron chi connectivity index (χ3n) is 3.31. The van der Waals surface area contributed by atoms with E-state index in [1.165, 1.54) is 7.05 Å². The standard InChI is InChI=1S/C12H17BrN2O2S/c1-14-18(16,17)12-8-10(13)2-3-11(12)9-4-6-15-7-5-9/h2-3,8-9,14-15H,4-7H2,1H3. The van der Waals surface area contributed by atoms with Crippen LogP contribution >= 0.6 is 15.9 Å². The zero-order valence-corrected chi connectivity index (χ0v) is 12.6. The van der Waals surface area contributed by atoms with Crippen LogP contribution in [-0.4, -0.2) is 28.6 Å². The van der Waals surface area contributed by atoms with E-state index < -0.39 is 10.0 Å². The zero-order chi connectivity index (χ0) is 13.2. The van der Waals surface area contributed by atoms with Crippen molar-refractivity contribution in [2.24, 2.45) is 0 Å². The lowest BCUT2D eigenvalue weighted by atomic mass is 9.90. The van der Waals surface area contributed by atoms with E-state index >= 15 is 0 Å². The normalized spacial score (nSPS) is 17.9. The quantitative estimate of drug-likeness (QED) is 0.887. The van der Waals surface area contributed by atoms with Crippen molar-refractivity contribution in [1.82, 2.24) is 10.0 Å². The maximum Gasteiger partial charge on any atom is 0.240 e. The molecule has 0 aromatic heterocycles. The summed E-state index contributed by atoms with van der Waals surface area (Å²) in [7, 11) is -1.95. The minimum atomic E-state index is -3.40. The molecule has 1 fully saturated rings. The molecule has 0 saturated carbocycles. The van der Waals surface area contributed by atoms with Gasteiger partial charge in [0, 0.05) is 4.47 Å². The molecule has 1 aliphatic heterocycles. The predicted molar refractivity (Wildman–Crippen MR) is 75.2 cm³/mol. The fourth-order valence-electron chi connectivity index (χ4n) is 2.32. The first kappa shape index (κ1) is 14.0. The van der Waals surface area contributed by atoms with E-state index in [9.17, 15) is 8.42 Å². The molecule has 1 heterocycles. The third-order valence-corrected chi connectivity index (χ3v) is 5.28. The summed E-state index contributed by atoms with van der Waals surface area (Å²) in [5.74, 6) is 0.317. The molecule has 100 valence electrons. The van der Waals surface area contributed by atoms with E-state index in [1.807, 2.05) is 12.1 Å². The first-order valence-electron chi connectivity index (χ1n) is 5.98. The molecule has 0 unspecified atom stereocenters. The number of benzene rings is 1. The number of halogens is 1. The van der Waals surface area contributed by atoms with Crippen molar-refractivity contribution in [2.75, 3.05) is 20.1 Å². The molecule has 0 bridgehead atoms. The Hall–Kier alpha value is -0.430. The smallest absolute Gasteiger partial charge is 0.240 e. The Morgan fingerprint density at radius 3 is 2.61 bits per heavy atom. The zero-order valence-electron chi connectivity index (χ0n) is 10.2. The van der Waals surface area contributed by atoms with Crippen LogP contribution in [0.25, 0.3) is 0 Å². The van der Waals surface area contributed by atoms with Gasteiger partial charge in [0.1, 0.15) is 0 Å². The average molecular weight is 333 g/mol. The van der Waals surface area contributed by atoms with Crippen LogP contribution in [0.15, 0.2) is 27.6 Å². The highest BCUT2D eigenvalue weighted by molar-refractivity contribution is 9.10. The number of sulfonamides is 1. The van der Waals surface area contributed by atoms with Crippen LogP contribution in [0.1, 0.15) is 24.3 Å². The van der Waals surface area contributed by atoms with Crippen LogP contribution in [-0.2, 0) is 10.0 Å². The van der Waals surface area contributed by atoms with E-state index in [4.69, 9.17) is 0 Å².